The van der Waals surface area contributed by atoms with Crippen molar-refractivity contribution < 1.29 is 14.3 Å². The van der Waals surface area contributed by atoms with Crippen LogP contribution in [-0.4, -0.2) is 42.3 Å². The Hall–Kier alpha value is -1.18. The number of methoxy groups -OCH3 is 1. The Labute approximate surface area is 110 Å². The quantitative estimate of drug-likeness (QED) is 0.871. The minimum absolute atomic E-state index is 0.306. The first kappa shape index (κ1) is 13.3. The van der Waals surface area contributed by atoms with Crippen LogP contribution in [0.15, 0.2) is 6.20 Å². The predicted molar refractivity (Wildman–Crippen MR) is 67.6 cm³/mol. The molecule has 1 atom stereocenters. The van der Waals surface area contributed by atoms with E-state index >= 15 is 0 Å². The van der Waals surface area contributed by atoms with Gasteiger partial charge in [0.2, 0.25) is 0 Å². The Morgan fingerprint density at radius 1 is 1.72 bits per heavy atom. The summed E-state index contributed by atoms with van der Waals surface area (Å²) in [6.45, 7) is 2.63. The summed E-state index contributed by atoms with van der Waals surface area (Å²) in [4.78, 5) is 18.0. The van der Waals surface area contributed by atoms with Crippen LogP contribution in [0.2, 0.25) is 0 Å². The summed E-state index contributed by atoms with van der Waals surface area (Å²) in [6.07, 6.45) is 3.26. The maximum atomic E-state index is 10.6. The second-order valence-electron chi connectivity index (χ2n) is 4.24. The van der Waals surface area contributed by atoms with Crippen molar-refractivity contribution in [3.63, 3.8) is 0 Å². The molecule has 1 aliphatic rings. The van der Waals surface area contributed by atoms with Gasteiger partial charge in [-0.15, -0.1) is 0 Å². The summed E-state index contributed by atoms with van der Waals surface area (Å²) in [6, 6.07) is 0.470. The number of nitrogens with two attached hydrogens (primary N) is 1. The highest BCUT2D eigenvalue weighted by Gasteiger charge is 2.24. The van der Waals surface area contributed by atoms with E-state index in [9.17, 15) is 4.79 Å². The molecule has 1 amide bonds. The summed E-state index contributed by atoms with van der Waals surface area (Å²) in [5, 5.41) is 0.306. The molecule has 0 radical (unpaired) electrons. The lowest BCUT2D eigenvalue weighted by atomic mass is 10.2. The van der Waals surface area contributed by atoms with E-state index < -0.39 is 6.09 Å². The van der Waals surface area contributed by atoms with Crippen molar-refractivity contribution in [2.45, 2.75) is 25.4 Å². The van der Waals surface area contributed by atoms with Crippen molar-refractivity contribution in [3.05, 3.63) is 11.1 Å². The highest BCUT2D eigenvalue weighted by Crippen LogP contribution is 2.25. The van der Waals surface area contributed by atoms with Crippen LogP contribution >= 0.6 is 11.3 Å². The summed E-state index contributed by atoms with van der Waals surface area (Å²) >= 11 is 1.35. The fourth-order valence-corrected chi connectivity index (χ4v) is 2.97. The Kier molecular flexibility index (Phi) is 4.51. The average molecular weight is 271 g/mol. The third-order valence-electron chi connectivity index (χ3n) is 2.94. The first-order chi connectivity index (χ1) is 8.69. The Morgan fingerprint density at radius 3 is 3.28 bits per heavy atom. The second-order valence-corrected chi connectivity index (χ2v) is 5.31. The van der Waals surface area contributed by atoms with Gasteiger partial charge in [0.15, 0.2) is 0 Å². The number of primary amides is 1. The fraction of sp³-hybridized carbons (Fsp3) is 0.636. The van der Waals surface area contributed by atoms with Crippen molar-refractivity contribution in [1.29, 1.82) is 0 Å². The highest BCUT2D eigenvalue weighted by molar-refractivity contribution is 7.13. The molecule has 0 bridgehead atoms. The van der Waals surface area contributed by atoms with E-state index in [1.54, 1.807) is 13.3 Å². The largest absolute Gasteiger partial charge is 0.411 e. The number of carbonyl (C=O) groups excluding carboxylic acids is 1. The van der Waals surface area contributed by atoms with Gasteiger partial charge in [0.25, 0.3) is 5.19 Å². The Bertz CT molecular complexity index is 410. The number of hydrogen-bond acceptors (Lipinski definition) is 6. The number of ether oxygens (including phenoxy) is 2. The summed E-state index contributed by atoms with van der Waals surface area (Å²) < 4.78 is 9.95. The molecule has 1 fully saturated rings. The molecule has 2 rings (SSSR count). The number of likely N-dealkylation sites (tertiary alicyclic amines) is 1. The van der Waals surface area contributed by atoms with Crippen molar-refractivity contribution >= 4 is 17.4 Å². The van der Waals surface area contributed by atoms with Crippen LogP contribution in [0.25, 0.3) is 0 Å². The molecule has 0 spiro atoms. The van der Waals surface area contributed by atoms with Gasteiger partial charge in [0.05, 0.1) is 6.61 Å². The van der Waals surface area contributed by atoms with E-state index in [1.807, 2.05) is 0 Å². The first-order valence-corrected chi connectivity index (χ1v) is 6.65. The van der Waals surface area contributed by atoms with Gasteiger partial charge in [-0.25, -0.2) is 9.78 Å². The fourth-order valence-electron chi connectivity index (χ4n) is 2.18. The van der Waals surface area contributed by atoms with Crippen LogP contribution in [0.1, 0.15) is 17.7 Å². The van der Waals surface area contributed by atoms with Crippen LogP contribution in [-0.2, 0) is 11.3 Å². The lowest BCUT2D eigenvalue weighted by molar-refractivity contribution is 0.112. The number of aromatic nitrogens is 1. The molecule has 1 aromatic heterocycles. The number of rotatable bonds is 5. The van der Waals surface area contributed by atoms with Crippen LogP contribution in [0.4, 0.5) is 4.79 Å². The van der Waals surface area contributed by atoms with Crippen LogP contribution < -0.4 is 10.5 Å². The topological polar surface area (TPSA) is 77.7 Å². The highest BCUT2D eigenvalue weighted by atomic mass is 32.1. The predicted octanol–water partition coefficient (Wildman–Crippen LogP) is 1.21. The molecule has 1 aliphatic heterocycles. The number of carbonyl (C=O) groups is 1. The first-order valence-electron chi connectivity index (χ1n) is 5.84. The smallest absolute Gasteiger partial charge is 0.383 e. The molecule has 1 saturated heterocycles. The lowest BCUT2D eigenvalue weighted by Crippen LogP contribution is -2.32. The minimum Gasteiger partial charge on any atom is -0.383 e. The van der Waals surface area contributed by atoms with Crippen molar-refractivity contribution in [2.75, 3.05) is 20.3 Å². The molecule has 0 aliphatic carbocycles. The SMILES string of the molecule is COC[C@H]1CCCN1Cc1cnc(OC(N)=O)s1. The van der Waals surface area contributed by atoms with E-state index in [0.717, 1.165) is 31.0 Å². The zero-order chi connectivity index (χ0) is 13.0. The van der Waals surface area contributed by atoms with Crippen LogP contribution in [0, 0.1) is 0 Å². The monoisotopic (exact) mass is 271 g/mol. The zero-order valence-electron chi connectivity index (χ0n) is 10.3. The van der Waals surface area contributed by atoms with Gasteiger partial charge in [-0.3, -0.25) is 4.90 Å². The van der Waals surface area contributed by atoms with Gasteiger partial charge in [-0.2, -0.15) is 0 Å². The summed E-state index contributed by atoms with van der Waals surface area (Å²) in [5.41, 5.74) is 4.94. The molecule has 0 unspecified atom stereocenters. The number of amides is 1. The van der Waals surface area contributed by atoms with Crippen molar-refractivity contribution in [1.82, 2.24) is 9.88 Å². The van der Waals surface area contributed by atoms with Gasteiger partial charge in [-0.05, 0) is 19.4 Å². The molecule has 18 heavy (non-hydrogen) atoms. The molecule has 2 heterocycles. The zero-order valence-corrected chi connectivity index (χ0v) is 11.1. The number of hydrogen-bond donors (Lipinski definition) is 1. The van der Waals surface area contributed by atoms with Crippen molar-refractivity contribution in [2.24, 2.45) is 5.73 Å². The third-order valence-corrected chi connectivity index (χ3v) is 3.80. The summed E-state index contributed by atoms with van der Waals surface area (Å²) in [7, 11) is 1.72. The molecule has 0 saturated carbocycles. The molecule has 0 aromatic carbocycles. The van der Waals surface area contributed by atoms with E-state index in [-0.39, 0.29) is 0 Å². The standard InChI is InChI=1S/C11H17N3O3S/c1-16-7-8-3-2-4-14(8)6-9-5-13-11(18-9)17-10(12)15/h5,8H,2-4,6-7H2,1H3,(H2,12,15)/t8-/m1/s1. The van der Waals surface area contributed by atoms with Gasteiger partial charge in [0, 0.05) is 30.8 Å². The molecule has 7 heteroatoms. The Balaban J connectivity index is 1.92. The van der Waals surface area contributed by atoms with Gasteiger partial charge >= 0.3 is 6.09 Å². The number of nitrogens with zero attached hydrogens (tertiary/aromatic N) is 2. The maximum absolute atomic E-state index is 10.6. The molecule has 2 N–H and O–H groups in total. The van der Waals surface area contributed by atoms with Gasteiger partial charge in [-0.1, -0.05) is 11.3 Å². The molecular weight excluding hydrogens is 254 g/mol. The Morgan fingerprint density at radius 2 is 2.56 bits per heavy atom. The molecular formula is C11H17N3O3S. The molecule has 6 nitrogen and oxygen atoms in total. The van der Waals surface area contributed by atoms with Gasteiger partial charge in [0.1, 0.15) is 0 Å². The van der Waals surface area contributed by atoms with E-state index in [1.165, 1.54) is 17.8 Å². The molecule has 1 aromatic rings. The number of thiazole rings is 1. The van der Waals surface area contributed by atoms with Crippen molar-refractivity contribution in [3.8, 4) is 5.19 Å². The van der Waals surface area contributed by atoms with E-state index in [2.05, 4.69) is 9.88 Å². The third kappa shape index (κ3) is 3.41. The second kappa shape index (κ2) is 6.12. The average Bonchev–Trinajstić information content (AvgIpc) is 2.90. The minimum atomic E-state index is -0.825. The summed E-state index contributed by atoms with van der Waals surface area (Å²) in [5.74, 6) is 0. The van der Waals surface area contributed by atoms with E-state index in [4.69, 9.17) is 15.2 Å². The lowest BCUT2D eigenvalue weighted by Gasteiger charge is -2.22. The molecule has 100 valence electrons. The normalized spacial score (nSPS) is 20.2. The van der Waals surface area contributed by atoms with Crippen LogP contribution in [0.3, 0.4) is 0 Å². The van der Waals surface area contributed by atoms with E-state index in [0.29, 0.717) is 11.2 Å². The maximum Gasteiger partial charge on any atom is 0.411 e. The van der Waals surface area contributed by atoms with Gasteiger partial charge < -0.3 is 15.2 Å². The van der Waals surface area contributed by atoms with Crippen LogP contribution in [0.5, 0.6) is 5.19 Å².